The maximum Gasteiger partial charge on any atom is 0.207 e. The maximum atomic E-state index is 5.76. The molecule has 1 aromatic carbocycles. The molecule has 4 nitrogen and oxygen atoms in total. The molecule has 1 rings (SSSR count). The fourth-order valence-electron chi connectivity index (χ4n) is 1.63. The van der Waals surface area contributed by atoms with Crippen molar-refractivity contribution >= 4 is 50.5 Å². The van der Waals surface area contributed by atoms with Gasteiger partial charge in [-0.05, 0) is 12.1 Å². The van der Waals surface area contributed by atoms with Gasteiger partial charge >= 0.3 is 0 Å². The van der Waals surface area contributed by atoms with E-state index in [2.05, 4.69) is 50.5 Å². The minimum Gasteiger partial charge on any atom is -0.489 e. The average molecular weight is 383 g/mol. The lowest BCUT2D eigenvalue weighted by Gasteiger charge is -2.19. The van der Waals surface area contributed by atoms with Crippen LogP contribution in [0, 0.1) is 0 Å². The standard InChI is InChI=1S/C14H22O4S4/c19-7-3-15-11-1-2-12(16-4-8-20)14(18-6-10-22)13(11)17-5-9-21/h1-2,19-22H,3-10H2. The zero-order valence-electron chi connectivity index (χ0n) is 12.2. The van der Waals surface area contributed by atoms with Crippen LogP contribution in [-0.4, -0.2) is 49.4 Å². The highest BCUT2D eigenvalue weighted by Crippen LogP contribution is 2.44. The van der Waals surface area contributed by atoms with Crippen LogP contribution in [-0.2, 0) is 0 Å². The number of hydrogen-bond acceptors (Lipinski definition) is 8. The highest BCUT2D eigenvalue weighted by molar-refractivity contribution is 7.80. The lowest BCUT2D eigenvalue weighted by atomic mass is 10.2. The van der Waals surface area contributed by atoms with Crippen molar-refractivity contribution in [3.05, 3.63) is 12.1 Å². The van der Waals surface area contributed by atoms with Crippen LogP contribution in [0.1, 0.15) is 0 Å². The van der Waals surface area contributed by atoms with Gasteiger partial charge in [0.15, 0.2) is 11.5 Å². The van der Waals surface area contributed by atoms with Crippen molar-refractivity contribution in [1.29, 1.82) is 0 Å². The van der Waals surface area contributed by atoms with E-state index >= 15 is 0 Å². The fourth-order valence-corrected chi connectivity index (χ4v) is 2.00. The number of benzene rings is 1. The molecule has 0 atom stereocenters. The van der Waals surface area contributed by atoms with Crippen molar-refractivity contribution in [2.45, 2.75) is 0 Å². The summed E-state index contributed by atoms with van der Waals surface area (Å²) >= 11 is 16.6. The smallest absolute Gasteiger partial charge is 0.207 e. The van der Waals surface area contributed by atoms with Gasteiger partial charge in [-0.25, -0.2) is 0 Å². The van der Waals surface area contributed by atoms with E-state index < -0.39 is 0 Å². The van der Waals surface area contributed by atoms with Gasteiger partial charge in [-0.3, -0.25) is 0 Å². The Morgan fingerprint density at radius 3 is 1.18 bits per heavy atom. The van der Waals surface area contributed by atoms with Gasteiger partial charge in [-0.15, -0.1) is 0 Å². The van der Waals surface area contributed by atoms with Crippen LogP contribution >= 0.6 is 50.5 Å². The first kappa shape index (κ1) is 19.9. The van der Waals surface area contributed by atoms with Crippen LogP contribution in [0.25, 0.3) is 0 Å². The van der Waals surface area contributed by atoms with Crippen molar-refractivity contribution in [3.63, 3.8) is 0 Å². The van der Waals surface area contributed by atoms with E-state index in [0.29, 0.717) is 72.4 Å². The number of hydrogen-bond donors (Lipinski definition) is 4. The third kappa shape index (κ3) is 6.52. The molecule has 0 amide bonds. The summed E-state index contributed by atoms with van der Waals surface area (Å²) in [5, 5.41) is 0. The summed E-state index contributed by atoms with van der Waals surface area (Å²) in [5.41, 5.74) is 0. The molecule has 0 unspecified atom stereocenters. The van der Waals surface area contributed by atoms with E-state index in [0.717, 1.165) is 0 Å². The van der Waals surface area contributed by atoms with Crippen LogP contribution in [0.3, 0.4) is 0 Å². The first-order chi connectivity index (χ1) is 10.8. The molecule has 8 heteroatoms. The molecule has 0 aliphatic heterocycles. The quantitative estimate of drug-likeness (QED) is 0.419. The van der Waals surface area contributed by atoms with Gasteiger partial charge < -0.3 is 18.9 Å². The van der Waals surface area contributed by atoms with Crippen molar-refractivity contribution in [1.82, 2.24) is 0 Å². The highest BCUT2D eigenvalue weighted by atomic mass is 32.1. The summed E-state index contributed by atoms with van der Waals surface area (Å²) < 4.78 is 22.8. The first-order valence-electron chi connectivity index (χ1n) is 6.90. The van der Waals surface area contributed by atoms with Crippen LogP contribution in [0.15, 0.2) is 12.1 Å². The molecule has 126 valence electrons. The first-order valence-corrected chi connectivity index (χ1v) is 9.43. The minimum atomic E-state index is 0.438. The zero-order chi connectivity index (χ0) is 16.2. The molecule has 0 radical (unpaired) electrons. The van der Waals surface area contributed by atoms with Crippen molar-refractivity contribution < 1.29 is 18.9 Å². The van der Waals surface area contributed by atoms with Crippen LogP contribution in [0.5, 0.6) is 23.0 Å². The molecule has 0 heterocycles. The summed E-state index contributed by atoms with van der Waals surface area (Å²) in [6.07, 6.45) is 0. The van der Waals surface area contributed by atoms with Gasteiger partial charge in [-0.2, -0.15) is 50.5 Å². The second-order valence-corrected chi connectivity index (χ2v) is 5.80. The molecule has 1 aromatic rings. The van der Waals surface area contributed by atoms with Gasteiger partial charge in [0, 0.05) is 23.0 Å². The summed E-state index contributed by atoms with van der Waals surface area (Å²) in [6.45, 7) is 1.83. The van der Waals surface area contributed by atoms with Crippen LogP contribution in [0.2, 0.25) is 0 Å². The van der Waals surface area contributed by atoms with E-state index in [-0.39, 0.29) is 0 Å². The monoisotopic (exact) mass is 382 g/mol. The van der Waals surface area contributed by atoms with Crippen molar-refractivity contribution in [3.8, 4) is 23.0 Å². The van der Waals surface area contributed by atoms with Crippen LogP contribution in [0.4, 0.5) is 0 Å². The van der Waals surface area contributed by atoms with E-state index in [9.17, 15) is 0 Å². The van der Waals surface area contributed by atoms with Gasteiger partial charge in [0.1, 0.15) is 0 Å². The molecule has 0 fully saturated rings. The lowest BCUT2D eigenvalue weighted by Crippen LogP contribution is -2.09. The molecular weight excluding hydrogens is 360 g/mol. The molecule has 0 aliphatic rings. The summed E-state index contributed by atoms with van der Waals surface area (Å²) in [5.74, 6) is 4.63. The third-order valence-electron chi connectivity index (χ3n) is 2.41. The minimum absolute atomic E-state index is 0.438. The number of ether oxygens (including phenoxy) is 4. The Kier molecular flexibility index (Phi) is 11.1. The SMILES string of the molecule is SCCOc1ccc(OCCS)c(OCCS)c1OCCS. The van der Waals surface area contributed by atoms with Gasteiger partial charge in [0.05, 0.1) is 26.4 Å². The van der Waals surface area contributed by atoms with Crippen molar-refractivity contribution in [2.75, 3.05) is 49.4 Å². The average Bonchev–Trinajstić information content (AvgIpc) is 2.55. The highest BCUT2D eigenvalue weighted by Gasteiger charge is 2.19. The Bertz CT molecular complexity index is 393. The topological polar surface area (TPSA) is 36.9 Å². The Hall–Kier alpha value is -0.180. The Labute approximate surface area is 153 Å². The molecule has 0 saturated heterocycles. The Morgan fingerprint density at radius 2 is 0.864 bits per heavy atom. The largest absolute Gasteiger partial charge is 0.489 e. The second-order valence-electron chi connectivity index (χ2n) is 4.01. The van der Waals surface area contributed by atoms with Gasteiger partial charge in [-0.1, -0.05) is 0 Å². The molecule has 0 spiro atoms. The van der Waals surface area contributed by atoms with Crippen LogP contribution < -0.4 is 18.9 Å². The Morgan fingerprint density at radius 1 is 0.545 bits per heavy atom. The second kappa shape index (κ2) is 12.3. The normalized spacial score (nSPS) is 10.4. The molecular formula is C14H22O4S4. The maximum absolute atomic E-state index is 5.76. The summed E-state index contributed by atoms with van der Waals surface area (Å²) in [4.78, 5) is 0. The van der Waals surface area contributed by atoms with Gasteiger partial charge in [0.2, 0.25) is 11.5 Å². The molecule has 0 aromatic heterocycles. The Balaban J connectivity index is 3.11. The lowest BCUT2D eigenvalue weighted by molar-refractivity contribution is 0.247. The van der Waals surface area contributed by atoms with Gasteiger partial charge in [0.25, 0.3) is 0 Å². The molecule has 0 bridgehead atoms. The fraction of sp³-hybridized carbons (Fsp3) is 0.571. The summed E-state index contributed by atoms with van der Waals surface area (Å²) in [6, 6.07) is 3.61. The number of thiol groups is 4. The van der Waals surface area contributed by atoms with E-state index in [1.165, 1.54) is 0 Å². The molecule has 0 N–H and O–H groups in total. The number of rotatable bonds is 12. The van der Waals surface area contributed by atoms with E-state index in [1.807, 2.05) is 0 Å². The summed E-state index contributed by atoms with van der Waals surface area (Å²) in [7, 11) is 0. The molecule has 22 heavy (non-hydrogen) atoms. The predicted octanol–water partition coefficient (Wildman–Crippen LogP) is 2.92. The molecule has 0 saturated carbocycles. The van der Waals surface area contributed by atoms with E-state index in [1.54, 1.807) is 12.1 Å². The molecule has 0 aliphatic carbocycles. The van der Waals surface area contributed by atoms with E-state index in [4.69, 9.17) is 18.9 Å². The van der Waals surface area contributed by atoms with Crippen molar-refractivity contribution in [2.24, 2.45) is 0 Å². The predicted molar refractivity (Wildman–Crippen MR) is 104 cm³/mol. The zero-order valence-corrected chi connectivity index (χ0v) is 15.8. The third-order valence-corrected chi connectivity index (χ3v) is 3.14.